The lowest BCUT2D eigenvalue weighted by molar-refractivity contribution is 0.0362. The number of hydrogen-bond donors (Lipinski definition) is 1. The molecule has 1 fully saturated rings. The van der Waals surface area contributed by atoms with Gasteiger partial charge in [0, 0.05) is 32.3 Å². The number of nitrogens with two attached hydrogens (primary N) is 1. The van der Waals surface area contributed by atoms with Crippen LogP contribution in [0.4, 0.5) is 0 Å². The monoisotopic (exact) mass is 414 g/mol. The summed E-state index contributed by atoms with van der Waals surface area (Å²) >= 11 is 0. The van der Waals surface area contributed by atoms with Gasteiger partial charge in [0.05, 0.1) is 26.4 Å². The van der Waals surface area contributed by atoms with Gasteiger partial charge in [0.1, 0.15) is 0 Å². The molecule has 1 saturated heterocycles. The second-order valence-corrected chi connectivity index (χ2v) is 8.06. The number of benzene rings is 1. The van der Waals surface area contributed by atoms with Gasteiger partial charge in [0.2, 0.25) is 0 Å². The van der Waals surface area contributed by atoms with E-state index < -0.39 is 0 Å². The largest absolute Gasteiger partial charge is 0.379 e. The zero-order chi connectivity index (χ0) is 21.2. The van der Waals surface area contributed by atoms with Crippen molar-refractivity contribution in [3.8, 4) is 0 Å². The third-order valence-corrected chi connectivity index (χ3v) is 5.98. The van der Waals surface area contributed by atoms with Crippen molar-refractivity contribution in [1.29, 1.82) is 0 Å². The van der Waals surface area contributed by atoms with Crippen molar-refractivity contribution in [3.05, 3.63) is 53.1 Å². The quantitative estimate of drug-likeness (QED) is 0.597. The molecule has 0 saturated carbocycles. The molecule has 0 spiro atoms. The van der Waals surface area contributed by atoms with E-state index in [0.29, 0.717) is 32.3 Å². The normalized spacial score (nSPS) is 20.9. The van der Waals surface area contributed by atoms with Crippen molar-refractivity contribution in [2.24, 2.45) is 11.7 Å². The molecule has 5 nitrogen and oxygen atoms in total. The second kappa shape index (κ2) is 12.4. The van der Waals surface area contributed by atoms with E-state index in [2.05, 4.69) is 41.3 Å². The van der Waals surface area contributed by atoms with Gasteiger partial charge in [-0.25, -0.2) is 0 Å². The maximum atomic E-state index is 6.66. The fourth-order valence-electron chi connectivity index (χ4n) is 4.23. The summed E-state index contributed by atoms with van der Waals surface area (Å²) < 4.78 is 17.0. The van der Waals surface area contributed by atoms with Crippen molar-refractivity contribution in [3.63, 3.8) is 0 Å². The Kier molecular flexibility index (Phi) is 9.56. The Morgan fingerprint density at radius 3 is 2.40 bits per heavy atom. The van der Waals surface area contributed by atoms with Crippen LogP contribution in [0.5, 0.6) is 0 Å². The topological polar surface area (TPSA) is 57.0 Å². The summed E-state index contributed by atoms with van der Waals surface area (Å²) in [5.41, 5.74) is 11.6. The van der Waals surface area contributed by atoms with E-state index in [0.717, 1.165) is 45.7 Å². The Balaban J connectivity index is 1.75. The van der Waals surface area contributed by atoms with Gasteiger partial charge in [-0.2, -0.15) is 0 Å². The maximum Gasteiger partial charge on any atom is 0.0722 e. The first-order valence-electron chi connectivity index (χ1n) is 11.4. The van der Waals surface area contributed by atoms with Crippen LogP contribution in [0.25, 0.3) is 5.57 Å². The van der Waals surface area contributed by atoms with Crippen LogP contribution in [0.1, 0.15) is 43.4 Å². The van der Waals surface area contributed by atoms with Gasteiger partial charge in [0.15, 0.2) is 0 Å². The summed E-state index contributed by atoms with van der Waals surface area (Å²) in [5, 5.41) is 0. The Morgan fingerprint density at radius 2 is 1.77 bits per heavy atom. The molecule has 0 radical (unpaired) electrons. The van der Waals surface area contributed by atoms with E-state index in [4.69, 9.17) is 19.9 Å². The maximum absolute atomic E-state index is 6.66. The van der Waals surface area contributed by atoms with Gasteiger partial charge in [-0.15, -0.1) is 0 Å². The lowest BCUT2D eigenvalue weighted by Crippen LogP contribution is -2.40. The first-order chi connectivity index (χ1) is 14.7. The Hall–Kier alpha value is -1.50. The molecule has 1 aromatic carbocycles. The molecule has 0 amide bonds. The summed E-state index contributed by atoms with van der Waals surface area (Å²) in [6.07, 6.45) is 8.91. The average Bonchev–Trinajstić information content (AvgIpc) is 2.80. The van der Waals surface area contributed by atoms with Crippen molar-refractivity contribution in [2.45, 2.75) is 45.9 Å². The molecule has 2 N–H and O–H groups in total. The lowest BCUT2D eigenvalue weighted by Gasteiger charge is -2.30. The molecule has 1 aliphatic carbocycles. The molecule has 30 heavy (non-hydrogen) atoms. The van der Waals surface area contributed by atoms with Crippen LogP contribution in [-0.4, -0.2) is 57.0 Å². The number of hydrogen-bond acceptors (Lipinski definition) is 5. The summed E-state index contributed by atoms with van der Waals surface area (Å²) in [6, 6.07) is 6.58. The SMILES string of the molecule is CCOCc1cccc(COCC)c1C1=CC(C(N)CCN2CCOCC2)CC=C1. The number of ether oxygens (including phenoxy) is 3. The molecular weight excluding hydrogens is 376 g/mol. The highest BCUT2D eigenvalue weighted by Gasteiger charge is 2.22. The molecule has 0 aromatic heterocycles. The molecule has 2 unspecified atom stereocenters. The smallest absolute Gasteiger partial charge is 0.0722 e. The number of rotatable bonds is 11. The van der Waals surface area contributed by atoms with Crippen molar-refractivity contribution in [1.82, 2.24) is 4.90 Å². The Labute approximate surface area is 181 Å². The summed E-state index contributed by atoms with van der Waals surface area (Å²) in [5.74, 6) is 0.353. The number of morpholine rings is 1. The van der Waals surface area contributed by atoms with Gasteiger partial charge in [-0.3, -0.25) is 4.90 Å². The van der Waals surface area contributed by atoms with Crippen LogP contribution < -0.4 is 5.73 Å². The standard InChI is InChI=1S/C25H38N2O3/c1-3-28-18-22-9-6-10-23(19-29-4-2)25(22)21-8-5-7-20(17-21)24(26)11-12-27-13-15-30-16-14-27/h5-6,8-10,17,20,24H,3-4,7,11-16,18-19,26H2,1-2H3. The van der Waals surface area contributed by atoms with E-state index in [1.165, 1.54) is 22.3 Å². The van der Waals surface area contributed by atoms with Crippen molar-refractivity contribution in [2.75, 3.05) is 46.1 Å². The minimum atomic E-state index is 0.155. The van der Waals surface area contributed by atoms with Gasteiger partial charge in [0.25, 0.3) is 0 Å². The van der Waals surface area contributed by atoms with Crippen LogP contribution in [0.3, 0.4) is 0 Å². The molecule has 1 aromatic rings. The molecule has 3 rings (SSSR count). The highest BCUT2D eigenvalue weighted by Crippen LogP contribution is 2.32. The second-order valence-electron chi connectivity index (χ2n) is 8.06. The van der Waals surface area contributed by atoms with E-state index in [1.807, 2.05) is 13.8 Å². The van der Waals surface area contributed by atoms with Crippen LogP contribution in [0, 0.1) is 5.92 Å². The molecule has 0 bridgehead atoms. The van der Waals surface area contributed by atoms with Crippen LogP contribution in [-0.2, 0) is 27.4 Å². The fraction of sp³-hybridized carbons (Fsp3) is 0.600. The number of allylic oxidation sites excluding steroid dienone is 3. The highest BCUT2D eigenvalue weighted by molar-refractivity contribution is 5.79. The predicted octanol–water partition coefficient (Wildman–Crippen LogP) is 3.77. The van der Waals surface area contributed by atoms with E-state index in [9.17, 15) is 0 Å². The lowest BCUT2D eigenvalue weighted by atomic mass is 9.84. The van der Waals surface area contributed by atoms with Crippen molar-refractivity contribution < 1.29 is 14.2 Å². The molecule has 166 valence electrons. The van der Waals surface area contributed by atoms with E-state index >= 15 is 0 Å². The first kappa shape index (κ1) is 23.2. The van der Waals surface area contributed by atoms with Crippen LogP contribution >= 0.6 is 0 Å². The highest BCUT2D eigenvalue weighted by atomic mass is 16.5. The van der Waals surface area contributed by atoms with Gasteiger partial charge in [-0.05, 0) is 61.4 Å². The van der Waals surface area contributed by atoms with Gasteiger partial charge in [-0.1, -0.05) is 36.4 Å². The van der Waals surface area contributed by atoms with Gasteiger partial charge < -0.3 is 19.9 Å². The third-order valence-electron chi connectivity index (χ3n) is 5.98. The molecular formula is C25H38N2O3. The summed E-state index contributed by atoms with van der Waals surface area (Å²) in [6.45, 7) is 11.5. The molecule has 5 heteroatoms. The minimum Gasteiger partial charge on any atom is -0.379 e. The van der Waals surface area contributed by atoms with Crippen molar-refractivity contribution >= 4 is 5.57 Å². The third kappa shape index (κ3) is 6.50. The average molecular weight is 415 g/mol. The Morgan fingerprint density at radius 1 is 1.10 bits per heavy atom. The molecule has 2 aliphatic rings. The zero-order valence-electron chi connectivity index (χ0n) is 18.6. The molecule has 2 atom stereocenters. The molecule has 1 heterocycles. The minimum absolute atomic E-state index is 0.155. The summed E-state index contributed by atoms with van der Waals surface area (Å²) in [4.78, 5) is 2.46. The summed E-state index contributed by atoms with van der Waals surface area (Å²) in [7, 11) is 0. The van der Waals surface area contributed by atoms with Crippen LogP contribution in [0.15, 0.2) is 36.4 Å². The number of nitrogens with zero attached hydrogens (tertiary/aromatic N) is 1. The first-order valence-corrected chi connectivity index (χ1v) is 11.4. The predicted molar refractivity (Wildman–Crippen MR) is 122 cm³/mol. The fourth-order valence-corrected chi connectivity index (χ4v) is 4.23. The van der Waals surface area contributed by atoms with E-state index in [1.54, 1.807) is 0 Å². The van der Waals surface area contributed by atoms with Crippen LogP contribution in [0.2, 0.25) is 0 Å². The van der Waals surface area contributed by atoms with Gasteiger partial charge >= 0.3 is 0 Å². The van der Waals surface area contributed by atoms with E-state index in [-0.39, 0.29) is 6.04 Å². The molecule has 1 aliphatic heterocycles. The zero-order valence-corrected chi connectivity index (χ0v) is 18.6. The Bertz CT molecular complexity index is 684.